The van der Waals surface area contributed by atoms with Crippen molar-refractivity contribution in [3.63, 3.8) is 0 Å². The third kappa shape index (κ3) is 7.85. The van der Waals surface area contributed by atoms with E-state index in [9.17, 15) is 4.79 Å². The molecule has 20 heavy (non-hydrogen) atoms. The molecule has 0 aromatic carbocycles. The molecule has 0 fully saturated rings. The summed E-state index contributed by atoms with van der Waals surface area (Å²) in [7, 11) is 1.90. The smallest absolute Gasteiger partial charge is 0.226 e. The molecule has 4 heteroatoms. The SMILES string of the molecule is CN(CCNCCN)C(=O)C(CC(C)(C)C)C(C)(C)C. The van der Waals surface area contributed by atoms with Gasteiger partial charge in [0, 0.05) is 39.1 Å². The molecule has 0 spiro atoms. The minimum absolute atomic E-state index is 0.0106. The van der Waals surface area contributed by atoms with Crippen molar-refractivity contribution in [2.45, 2.75) is 48.0 Å². The van der Waals surface area contributed by atoms with Crippen molar-refractivity contribution in [3.8, 4) is 0 Å². The number of carbonyl (C=O) groups excluding carboxylic acids is 1. The summed E-state index contributed by atoms with van der Waals surface area (Å²) in [5, 5.41) is 3.23. The van der Waals surface area contributed by atoms with Crippen LogP contribution in [-0.2, 0) is 4.79 Å². The van der Waals surface area contributed by atoms with E-state index >= 15 is 0 Å². The molecule has 0 heterocycles. The molecule has 1 unspecified atom stereocenters. The number of nitrogens with two attached hydrogens (primary N) is 1. The van der Waals surface area contributed by atoms with Gasteiger partial charge in [-0.25, -0.2) is 0 Å². The van der Waals surface area contributed by atoms with E-state index in [1.165, 1.54) is 0 Å². The molecule has 0 bridgehead atoms. The van der Waals surface area contributed by atoms with Crippen molar-refractivity contribution in [1.29, 1.82) is 0 Å². The van der Waals surface area contributed by atoms with Crippen LogP contribution < -0.4 is 11.1 Å². The van der Waals surface area contributed by atoms with Gasteiger partial charge in [0.25, 0.3) is 0 Å². The van der Waals surface area contributed by atoms with Gasteiger partial charge in [0.2, 0.25) is 5.91 Å². The lowest BCUT2D eigenvalue weighted by atomic mass is 9.71. The Kier molecular flexibility index (Phi) is 7.74. The van der Waals surface area contributed by atoms with Crippen molar-refractivity contribution in [3.05, 3.63) is 0 Å². The monoisotopic (exact) mass is 285 g/mol. The highest BCUT2D eigenvalue weighted by Crippen LogP contribution is 2.36. The molecule has 0 aliphatic rings. The highest BCUT2D eigenvalue weighted by Gasteiger charge is 2.35. The molecule has 4 nitrogen and oxygen atoms in total. The van der Waals surface area contributed by atoms with Gasteiger partial charge in [-0.3, -0.25) is 4.79 Å². The first kappa shape index (κ1) is 19.4. The zero-order valence-electron chi connectivity index (χ0n) is 14.5. The van der Waals surface area contributed by atoms with Crippen LogP contribution in [0, 0.1) is 16.7 Å². The Bertz CT molecular complexity index is 289. The fourth-order valence-electron chi connectivity index (χ4n) is 2.23. The summed E-state index contributed by atoms with van der Waals surface area (Å²) in [6, 6.07) is 0. The highest BCUT2D eigenvalue weighted by molar-refractivity contribution is 5.79. The minimum Gasteiger partial charge on any atom is -0.344 e. The zero-order chi connectivity index (χ0) is 16.0. The lowest BCUT2D eigenvalue weighted by Gasteiger charge is -2.37. The third-order valence-corrected chi connectivity index (χ3v) is 3.48. The second-order valence-electron chi connectivity index (χ2n) is 7.98. The Morgan fingerprint density at radius 2 is 1.70 bits per heavy atom. The van der Waals surface area contributed by atoms with Crippen LogP contribution in [0.1, 0.15) is 48.0 Å². The number of likely N-dealkylation sites (N-methyl/N-ethyl adjacent to an activating group) is 1. The van der Waals surface area contributed by atoms with Crippen LogP contribution >= 0.6 is 0 Å². The van der Waals surface area contributed by atoms with Crippen LogP contribution in [0.5, 0.6) is 0 Å². The summed E-state index contributed by atoms with van der Waals surface area (Å²) < 4.78 is 0. The van der Waals surface area contributed by atoms with Gasteiger partial charge in [0.05, 0.1) is 0 Å². The number of rotatable bonds is 7. The first-order valence-electron chi connectivity index (χ1n) is 7.65. The van der Waals surface area contributed by atoms with Gasteiger partial charge in [-0.15, -0.1) is 0 Å². The lowest BCUT2D eigenvalue weighted by Crippen LogP contribution is -2.43. The van der Waals surface area contributed by atoms with Gasteiger partial charge in [-0.1, -0.05) is 41.5 Å². The molecular formula is C16H35N3O. The first-order chi connectivity index (χ1) is 8.99. The molecule has 0 radical (unpaired) electrons. The fraction of sp³-hybridized carbons (Fsp3) is 0.938. The Hall–Kier alpha value is -0.610. The summed E-state index contributed by atoms with van der Waals surface area (Å²) in [5.74, 6) is 0.309. The Morgan fingerprint density at radius 1 is 1.15 bits per heavy atom. The molecule has 1 amide bonds. The van der Waals surface area contributed by atoms with E-state index in [2.05, 4.69) is 46.9 Å². The van der Waals surface area contributed by atoms with Crippen molar-refractivity contribution in [2.75, 3.05) is 33.2 Å². The summed E-state index contributed by atoms with van der Waals surface area (Å²) in [4.78, 5) is 14.6. The van der Waals surface area contributed by atoms with E-state index in [0.29, 0.717) is 6.54 Å². The fourth-order valence-corrected chi connectivity index (χ4v) is 2.23. The van der Waals surface area contributed by atoms with E-state index in [-0.39, 0.29) is 22.7 Å². The Labute approximate surface area is 125 Å². The van der Waals surface area contributed by atoms with Gasteiger partial charge in [-0.05, 0) is 17.3 Å². The number of amides is 1. The largest absolute Gasteiger partial charge is 0.344 e. The normalized spacial score (nSPS) is 14.2. The predicted molar refractivity (Wildman–Crippen MR) is 86.6 cm³/mol. The molecule has 0 saturated heterocycles. The van der Waals surface area contributed by atoms with Crippen LogP contribution in [-0.4, -0.2) is 44.0 Å². The number of nitrogens with one attached hydrogen (secondary N) is 1. The van der Waals surface area contributed by atoms with Gasteiger partial charge < -0.3 is 16.0 Å². The third-order valence-electron chi connectivity index (χ3n) is 3.48. The lowest BCUT2D eigenvalue weighted by molar-refractivity contribution is -0.139. The summed E-state index contributed by atoms with van der Waals surface area (Å²) in [6.45, 7) is 16.0. The van der Waals surface area contributed by atoms with E-state index in [4.69, 9.17) is 5.73 Å². The summed E-state index contributed by atoms with van der Waals surface area (Å²) in [6.07, 6.45) is 0.913. The topological polar surface area (TPSA) is 58.4 Å². The Balaban J connectivity index is 4.62. The van der Waals surface area contributed by atoms with Crippen molar-refractivity contribution in [1.82, 2.24) is 10.2 Å². The van der Waals surface area contributed by atoms with Gasteiger partial charge in [-0.2, -0.15) is 0 Å². The molecular weight excluding hydrogens is 250 g/mol. The number of carbonyl (C=O) groups is 1. The second kappa shape index (κ2) is 7.99. The average Bonchev–Trinajstić information content (AvgIpc) is 2.28. The van der Waals surface area contributed by atoms with E-state index < -0.39 is 0 Å². The standard InChI is InChI=1S/C16H35N3O/c1-15(2,3)12-13(16(4,5)6)14(20)19(7)11-10-18-9-8-17/h13,18H,8-12,17H2,1-7H3. The van der Waals surface area contributed by atoms with Gasteiger partial charge >= 0.3 is 0 Å². The first-order valence-corrected chi connectivity index (χ1v) is 7.65. The second-order valence-corrected chi connectivity index (χ2v) is 7.98. The molecule has 0 rings (SSSR count). The number of nitrogens with zero attached hydrogens (tertiary/aromatic N) is 1. The van der Waals surface area contributed by atoms with Crippen LogP contribution in [0.4, 0.5) is 0 Å². The van der Waals surface area contributed by atoms with Crippen LogP contribution in [0.25, 0.3) is 0 Å². The van der Waals surface area contributed by atoms with Crippen LogP contribution in [0.15, 0.2) is 0 Å². The summed E-state index contributed by atoms with van der Waals surface area (Å²) in [5.41, 5.74) is 5.59. The molecule has 0 aliphatic heterocycles. The summed E-state index contributed by atoms with van der Waals surface area (Å²) >= 11 is 0. The molecule has 0 aromatic rings. The van der Waals surface area contributed by atoms with E-state index in [0.717, 1.165) is 26.1 Å². The molecule has 0 aliphatic carbocycles. The van der Waals surface area contributed by atoms with E-state index in [1.54, 1.807) is 0 Å². The molecule has 120 valence electrons. The maximum Gasteiger partial charge on any atom is 0.226 e. The van der Waals surface area contributed by atoms with Gasteiger partial charge in [0.15, 0.2) is 0 Å². The average molecular weight is 285 g/mol. The Morgan fingerprint density at radius 3 is 2.10 bits per heavy atom. The predicted octanol–water partition coefficient (Wildman–Crippen LogP) is 2.09. The number of hydrogen-bond donors (Lipinski definition) is 2. The zero-order valence-corrected chi connectivity index (χ0v) is 14.5. The van der Waals surface area contributed by atoms with Crippen LogP contribution in [0.3, 0.4) is 0 Å². The van der Waals surface area contributed by atoms with Crippen molar-refractivity contribution in [2.24, 2.45) is 22.5 Å². The highest BCUT2D eigenvalue weighted by atomic mass is 16.2. The van der Waals surface area contributed by atoms with Gasteiger partial charge in [0.1, 0.15) is 0 Å². The van der Waals surface area contributed by atoms with Crippen LogP contribution in [0.2, 0.25) is 0 Å². The number of hydrogen-bond acceptors (Lipinski definition) is 3. The maximum absolute atomic E-state index is 12.7. The molecule has 3 N–H and O–H groups in total. The molecule has 1 atom stereocenters. The molecule has 0 saturated carbocycles. The minimum atomic E-state index is -0.0106. The van der Waals surface area contributed by atoms with E-state index in [1.807, 2.05) is 11.9 Å². The quantitative estimate of drug-likeness (QED) is 0.704. The van der Waals surface area contributed by atoms with Crippen molar-refractivity contribution >= 4 is 5.91 Å². The maximum atomic E-state index is 12.7. The molecule has 0 aromatic heterocycles. The van der Waals surface area contributed by atoms with Crippen molar-refractivity contribution < 1.29 is 4.79 Å².